The van der Waals surface area contributed by atoms with Crippen molar-refractivity contribution in [2.45, 2.75) is 23.5 Å². The summed E-state index contributed by atoms with van der Waals surface area (Å²) in [5.41, 5.74) is 0.344. The lowest BCUT2D eigenvalue weighted by atomic mass is 10.0. The largest absolute Gasteiger partial charge is 0.416 e. The van der Waals surface area contributed by atoms with E-state index in [9.17, 15) is 18.0 Å². The van der Waals surface area contributed by atoms with E-state index in [1.165, 1.54) is 22.5 Å². The van der Waals surface area contributed by atoms with Gasteiger partial charge in [0.2, 0.25) is 0 Å². The number of thioether (sulfide) groups is 1. The van der Waals surface area contributed by atoms with Crippen LogP contribution in [0.3, 0.4) is 0 Å². The first-order valence-electron chi connectivity index (χ1n) is 7.57. The zero-order valence-corrected chi connectivity index (χ0v) is 13.6. The van der Waals surface area contributed by atoms with E-state index in [-0.39, 0.29) is 5.92 Å². The average molecular weight is 363 g/mol. The van der Waals surface area contributed by atoms with Crippen LogP contribution in [0.2, 0.25) is 0 Å². The third-order valence-corrected chi connectivity index (χ3v) is 5.46. The standard InChI is InChI=1S/C17H12F3N3OS/c18-17(19,20)13-5-11-7-22-16(24)23-8-12(10-1-3-21-4-2-10)9-25-14(6-13)15(11)23/h1-7,12H,8-9H2. The normalized spacial score (nSPS) is 17.5. The third kappa shape index (κ3) is 2.90. The molecule has 25 heavy (non-hydrogen) atoms. The second-order valence-electron chi connectivity index (χ2n) is 5.85. The molecule has 0 radical (unpaired) electrons. The van der Waals surface area contributed by atoms with Crippen molar-refractivity contribution in [3.8, 4) is 0 Å². The van der Waals surface area contributed by atoms with Crippen molar-refractivity contribution < 1.29 is 13.2 Å². The van der Waals surface area contributed by atoms with Crippen LogP contribution in [0.4, 0.5) is 13.2 Å². The van der Waals surface area contributed by atoms with Gasteiger partial charge in [0.05, 0.1) is 11.1 Å². The second-order valence-corrected chi connectivity index (χ2v) is 6.91. The van der Waals surface area contributed by atoms with Gasteiger partial charge in [-0.1, -0.05) is 0 Å². The molecule has 1 atom stereocenters. The number of alkyl halides is 3. The zero-order valence-electron chi connectivity index (χ0n) is 12.8. The van der Waals surface area contributed by atoms with Crippen molar-refractivity contribution in [2.24, 2.45) is 0 Å². The first-order chi connectivity index (χ1) is 11.9. The summed E-state index contributed by atoms with van der Waals surface area (Å²) in [6.07, 6.45) is 0.117. The van der Waals surface area contributed by atoms with Crippen molar-refractivity contribution in [3.05, 3.63) is 64.5 Å². The quantitative estimate of drug-likeness (QED) is 0.661. The predicted octanol–water partition coefficient (Wildman–Crippen LogP) is 3.70. The van der Waals surface area contributed by atoms with Crippen LogP contribution in [0.15, 0.2) is 52.5 Å². The smallest absolute Gasteiger partial charge is 0.290 e. The summed E-state index contributed by atoms with van der Waals surface area (Å²) < 4.78 is 41.0. The maximum Gasteiger partial charge on any atom is 0.416 e. The Balaban J connectivity index is 1.90. The molecule has 1 aliphatic rings. The van der Waals surface area contributed by atoms with Crippen LogP contribution < -0.4 is 5.69 Å². The van der Waals surface area contributed by atoms with E-state index in [1.807, 2.05) is 12.1 Å². The Morgan fingerprint density at radius 2 is 1.96 bits per heavy atom. The minimum atomic E-state index is -4.44. The van der Waals surface area contributed by atoms with Gasteiger partial charge < -0.3 is 0 Å². The first-order valence-corrected chi connectivity index (χ1v) is 8.55. The predicted molar refractivity (Wildman–Crippen MR) is 88.7 cm³/mol. The number of nitrogens with zero attached hydrogens (tertiary/aromatic N) is 3. The van der Waals surface area contributed by atoms with Crippen LogP contribution in [-0.4, -0.2) is 20.3 Å². The van der Waals surface area contributed by atoms with Crippen molar-refractivity contribution in [1.82, 2.24) is 14.5 Å². The van der Waals surface area contributed by atoms with Gasteiger partial charge in [0, 0.05) is 47.1 Å². The molecule has 0 aliphatic carbocycles. The molecular formula is C17H12F3N3OS. The molecule has 1 unspecified atom stereocenters. The Kier molecular flexibility index (Phi) is 3.79. The Hall–Kier alpha value is -2.35. The van der Waals surface area contributed by atoms with Crippen LogP contribution >= 0.6 is 11.8 Å². The Morgan fingerprint density at radius 1 is 1.20 bits per heavy atom. The van der Waals surface area contributed by atoms with Gasteiger partial charge in [-0.25, -0.2) is 9.78 Å². The summed E-state index contributed by atoms with van der Waals surface area (Å²) >= 11 is 1.34. The molecule has 1 aromatic carbocycles. The minimum Gasteiger partial charge on any atom is -0.290 e. The summed E-state index contributed by atoms with van der Waals surface area (Å²) in [7, 11) is 0. The molecule has 0 bridgehead atoms. The highest BCUT2D eigenvalue weighted by Crippen LogP contribution is 2.40. The van der Waals surface area contributed by atoms with Gasteiger partial charge in [-0.15, -0.1) is 11.8 Å². The molecule has 4 rings (SSSR count). The number of benzene rings is 1. The monoisotopic (exact) mass is 363 g/mol. The number of halogens is 3. The molecule has 0 saturated heterocycles. The van der Waals surface area contributed by atoms with E-state index in [0.29, 0.717) is 28.1 Å². The Bertz CT molecular complexity index is 1000. The summed E-state index contributed by atoms with van der Waals surface area (Å²) in [4.78, 5) is 20.5. The minimum absolute atomic E-state index is 0.0140. The lowest BCUT2D eigenvalue weighted by molar-refractivity contribution is -0.137. The third-order valence-electron chi connectivity index (χ3n) is 4.27. The molecule has 3 heterocycles. The summed E-state index contributed by atoms with van der Waals surface area (Å²) in [6.45, 7) is 0.374. The van der Waals surface area contributed by atoms with Crippen molar-refractivity contribution >= 4 is 22.7 Å². The molecule has 3 aromatic rings. The molecule has 1 aliphatic heterocycles. The van der Waals surface area contributed by atoms with Gasteiger partial charge in [0.1, 0.15) is 0 Å². The molecule has 0 saturated carbocycles. The molecule has 0 spiro atoms. The highest BCUT2D eigenvalue weighted by Gasteiger charge is 2.32. The number of hydrogen-bond donors (Lipinski definition) is 0. The number of aromatic nitrogens is 3. The lowest BCUT2D eigenvalue weighted by Crippen LogP contribution is -2.25. The van der Waals surface area contributed by atoms with E-state index >= 15 is 0 Å². The molecule has 128 valence electrons. The van der Waals surface area contributed by atoms with Crippen LogP contribution in [0.5, 0.6) is 0 Å². The van der Waals surface area contributed by atoms with Gasteiger partial charge in [-0.2, -0.15) is 13.2 Å². The van der Waals surface area contributed by atoms with Crippen molar-refractivity contribution in [3.63, 3.8) is 0 Å². The second kappa shape index (κ2) is 5.87. The molecule has 0 fully saturated rings. The fourth-order valence-corrected chi connectivity index (χ4v) is 4.30. The lowest BCUT2D eigenvalue weighted by Gasteiger charge is -2.15. The number of pyridine rings is 1. The molecule has 8 heteroatoms. The molecule has 4 nitrogen and oxygen atoms in total. The van der Waals surface area contributed by atoms with Gasteiger partial charge in [-0.3, -0.25) is 9.55 Å². The van der Waals surface area contributed by atoms with Gasteiger partial charge in [0.25, 0.3) is 0 Å². The van der Waals surface area contributed by atoms with Gasteiger partial charge in [0.15, 0.2) is 0 Å². The van der Waals surface area contributed by atoms with Gasteiger partial charge in [-0.05, 0) is 29.8 Å². The molecule has 0 N–H and O–H groups in total. The highest BCUT2D eigenvalue weighted by atomic mass is 32.2. The summed E-state index contributed by atoms with van der Waals surface area (Å²) in [6, 6.07) is 5.90. The highest BCUT2D eigenvalue weighted by molar-refractivity contribution is 7.99. The van der Waals surface area contributed by atoms with Gasteiger partial charge >= 0.3 is 11.9 Å². The van der Waals surface area contributed by atoms with Crippen molar-refractivity contribution in [2.75, 3.05) is 5.75 Å². The zero-order chi connectivity index (χ0) is 17.6. The van der Waals surface area contributed by atoms with Crippen LogP contribution in [-0.2, 0) is 12.7 Å². The van der Waals surface area contributed by atoms with Crippen LogP contribution in [0, 0.1) is 0 Å². The number of rotatable bonds is 1. The van der Waals surface area contributed by atoms with E-state index < -0.39 is 17.4 Å². The Labute approximate surface area is 144 Å². The van der Waals surface area contributed by atoms with Crippen LogP contribution in [0.25, 0.3) is 10.9 Å². The van der Waals surface area contributed by atoms with E-state index in [0.717, 1.165) is 17.7 Å². The van der Waals surface area contributed by atoms with E-state index in [2.05, 4.69) is 9.97 Å². The number of hydrogen-bond acceptors (Lipinski definition) is 4. The van der Waals surface area contributed by atoms with E-state index in [1.54, 1.807) is 12.4 Å². The van der Waals surface area contributed by atoms with Crippen molar-refractivity contribution in [1.29, 1.82) is 0 Å². The van der Waals surface area contributed by atoms with E-state index in [4.69, 9.17) is 0 Å². The SMILES string of the molecule is O=c1ncc2cc(C(F)(F)F)cc3c2n1CC(c1ccncc1)CS3. The topological polar surface area (TPSA) is 47.8 Å². The molecule has 2 aromatic heterocycles. The maximum atomic E-state index is 13.2. The first kappa shape index (κ1) is 16.1. The fraction of sp³-hybridized carbons (Fsp3) is 0.235. The maximum absolute atomic E-state index is 13.2. The Morgan fingerprint density at radius 3 is 2.68 bits per heavy atom. The summed E-state index contributed by atoms with van der Waals surface area (Å²) in [5, 5.41) is 0.326. The fourth-order valence-electron chi connectivity index (χ4n) is 3.05. The summed E-state index contributed by atoms with van der Waals surface area (Å²) in [5.74, 6) is 0.557. The molecular weight excluding hydrogens is 351 g/mol. The average Bonchev–Trinajstić information content (AvgIpc) is 2.79. The van der Waals surface area contributed by atoms with Crippen LogP contribution in [0.1, 0.15) is 17.0 Å². The molecule has 0 amide bonds.